The Labute approximate surface area is 89.3 Å². The lowest BCUT2D eigenvalue weighted by Crippen LogP contribution is -2.25. The van der Waals surface area contributed by atoms with Crippen LogP contribution in [0.1, 0.15) is 39.0 Å². The highest BCUT2D eigenvalue weighted by Gasteiger charge is 2.33. The van der Waals surface area contributed by atoms with Crippen LogP contribution in [0.15, 0.2) is 5.16 Å². The Kier molecular flexibility index (Phi) is 2.93. The van der Waals surface area contributed by atoms with Gasteiger partial charge in [0.1, 0.15) is 0 Å². The first kappa shape index (κ1) is 10.5. The van der Waals surface area contributed by atoms with E-state index < -0.39 is 12.1 Å². The fourth-order valence-electron chi connectivity index (χ4n) is 2.51. The van der Waals surface area contributed by atoms with Gasteiger partial charge in [-0.15, -0.1) is 0 Å². The summed E-state index contributed by atoms with van der Waals surface area (Å²) >= 11 is 0. The van der Waals surface area contributed by atoms with Crippen LogP contribution in [0.25, 0.3) is 0 Å². The minimum absolute atomic E-state index is 0.457. The van der Waals surface area contributed by atoms with Gasteiger partial charge in [0.15, 0.2) is 0 Å². The van der Waals surface area contributed by atoms with Crippen LogP contribution in [0, 0.1) is 11.8 Å². The highest BCUT2D eigenvalue weighted by atomic mass is 16.7. The first-order valence-electron chi connectivity index (χ1n) is 5.62. The van der Waals surface area contributed by atoms with Gasteiger partial charge < -0.3 is 9.94 Å². The van der Waals surface area contributed by atoms with E-state index in [1.165, 1.54) is 12.8 Å². The van der Waals surface area contributed by atoms with Crippen molar-refractivity contribution in [3.05, 3.63) is 0 Å². The lowest BCUT2D eigenvalue weighted by Gasteiger charge is -2.25. The number of carboxylic acids is 1. The zero-order valence-electron chi connectivity index (χ0n) is 8.98. The average molecular weight is 211 g/mol. The molecular weight excluding hydrogens is 194 g/mol. The van der Waals surface area contributed by atoms with Gasteiger partial charge in [-0.25, -0.2) is 4.79 Å². The van der Waals surface area contributed by atoms with Gasteiger partial charge in [-0.2, -0.15) is 0 Å². The van der Waals surface area contributed by atoms with E-state index >= 15 is 0 Å². The molecule has 2 aliphatic rings. The Morgan fingerprint density at radius 1 is 1.53 bits per heavy atom. The van der Waals surface area contributed by atoms with Crippen molar-refractivity contribution in [2.24, 2.45) is 17.0 Å². The second-order valence-electron chi connectivity index (χ2n) is 4.69. The highest BCUT2D eigenvalue weighted by molar-refractivity contribution is 5.92. The number of oxime groups is 1. The minimum atomic E-state index is -0.905. The summed E-state index contributed by atoms with van der Waals surface area (Å²) in [4.78, 5) is 15.6. The maximum Gasteiger partial charge on any atom is 0.348 e. The number of nitrogens with zero attached hydrogens (tertiary/aromatic N) is 1. The van der Waals surface area contributed by atoms with Gasteiger partial charge in [-0.3, -0.25) is 0 Å². The normalized spacial score (nSPS) is 35.8. The highest BCUT2D eigenvalue weighted by Crippen LogP contribution is 2.32. The molecule has 1 fully saturated rings. The first-order chi connectivity index (χ1) is 7.16. The molecule has 0 amide bonds. The topological polar surface area (TPSA) is 58.9 Å². The lowest BCUT2D eigenvalue weighted by molar-refractivity contribution is -0.148. The Hall–Kier alpha value is -1.06. The molecule has 0 aromatic carbocycles. The fourth-order valence-corrected chi connectivity index (χ4v) is 2.51. The third-order valence-electron chi connectivity index (χ3n) is 3.37. The molecule has 0 bridgehead atoms. The molecule has 0 radical (unpaired) electrons. The second kappa shape index (κ2) is 4.21. The minimum Gasteiger partial charge on any atom is -0.478 e. The molecule has 3 atom stereocenters. The summed E-state index contributed by atoms with van der Waals surface area (Å²) in [5.74, 6) is 0.283. The van der Waals surface area contributed by atoms with E-state index in [0.29, 0.717) is 12.3 Å². The van der Waals surface area contributed by atoms with E-state index in [1.807, 2.05) is 0 Å². The van der Waals surface area contributed by atoms with Crippen molar-refractivity contribution in [2.75, 3.05) is 0 Å². The standard InChI is InChI=1S/C11H17NO3/c1-7-3-2-4-8(5-7)9-6-10(11(13)14)15-12-9/h7-8,10H,2-6H2,1H3,(H,13,14)/t7-,8+,10+/m1/s1. The van der Waals surface area contributed by atoms with E-state index in [9.17, 15) is 4.79 Å². The molecule has 0 unspecified atom stereocenters. The first-order valence-corrected chi connectivity index (χ1v) is 5.62. The molecule has 0 spiro atoms. The number of carbonyl (C=O) groups is 1. The molecule has 1 aliphatic heterocycles. The second-order valence-corrected chi connectivity index (χ2v) is 4.69. The molecule has 2 rings (SSSR count). The number of carboxylic acid groups (broad SMARTS) is 1. The van der Waals surface area contributed by atoms with E-state index in [4.69, 9.17) is 9.94 Å². The van der Waals surface area contributed by atoms with E-state index in [-0.39, 0.29) is 0 Å². The lowest BCUT2D eigenvalue weighted by atomic mass is 9.79. The Balaban J connectivity index is 1.92. The molecule has 1 saturated carbocycles. The number of hydrogen-bond acceptors (Lipinski definition) is 3. The maximum atomic E-state index is 10.7. The van der Waals surface area contributed by atoms with Crippen molar-refractivity contribution < 1.29 is 14.7 Å². The van der Waals surface area contributed by atoms with Crippen molar-refractivity contribution in [2.45, 2.75) is 45.1 Å². The molecule has 0 aromatic rings. The summed E-state index contributed by atoms with van der Waals surface area (Å²) in [6.07, 6.45) is 4.52. The van der Waals surface area contributed by atoms with Gasteiger partial charge in [0, 0.05) is 12.3 Å². The smallest absolute Gasteiger partial charge is 0.348 e. The van der Waals surface area contributed by atoms with Crippen molar-refractivity contribution in [1.82, 2.24) is 0 Å². The summed E-state index contributed by atoms with van der Waals surface area (Å²) < 4.78 is 0. The van der Waals surface area contributed by atoms with Crippen LogP contribution in [0.2, 0.25) is 0 Å². The molecule has 1 aliphatic carbocycles. The molecule has 0 saturated heterocycles. The number of rotatable bonds is 2. The molecule has 15 heavy (non-hydrogen) atoms. The van der Waals surface area contributed by atoms with Crippen LogP contribution in [0.3, 0.4) is 0 Å². The molecule has 1 N–H and O–H groups in total. The van der Waals surface area contributed by atoms with Gasteiger partial charge in [-0.05, 0) is 18.8 Å². The number of aliphatic carboxylic acids is 1. The van der Waals surface area contributed by atoms with Gasteiger partial charge in [-0.1, -0.05) is 24.9 Å². The van der Waals surface area contributed by atoms with Gasteiger partial charge >= 0.3 is 5.97 Å². The van der Waals surface area contributed by atoms with Crippen LogP contribution in [-0.4, -0.2) is 22.9 Å². The van der Waals surface area contributed by atoms with Gasteiger partial charge in [0.2, 0.25) is 6.10 Å². The van der Waals surface area contributed by atoms with E-state index in [0.717, 1.165) is 24.5 Å². The van der Waals surface area contributed by atoms with Crippen molar-refractivity contribution >= 4 is 11.7 Å². The monoisotopic (exact) mass is 211 g/mol. The van der Waals surface area contributed by atoms with Crippen LogP contribution in [0.5, 0.6) is 0 Å². The average Bonchev–Trinajstić information content (AvgIpc) is 2.66. The van der Waals surface area contributed by atoms with Gasteiger partial charge in [0.05, 0.1) is 5.71 Å². The third-order valence-corrected chi connectivity index (χ3v) is 3.37. The Morgan fingerprint density at radius 2 is 2.33 bits per heavy atom. The molecule has 1 heterocycles. The van der Waals surface area contributed by atoms with Crippen LogP contribution >= 0.6 is 0 Å². The largest absolute Gasteiger partial charge is 0.478 e. The number of hydrogen-bond donors (Lipinski definition) is 1. The summed E-state index contributed by atoms with van der Waals surface area (Å²) in [5.41, 5.74) is 0.967. The van der Waals surface area contributed by atoms with E-state index in [1.54, 1.807) is 0 Å². The predicted octanol–water partition coefficient (Wildman–Crippen LogP) is 2.04. The Bertz CT molecular complexity index is 288. The van der Waals surface area contributed by atoms with Crippen molar-refractivity contribution in [1.29, 1.82) is 0 Å². The summed E-state index contributed by atoms with van der Waals surface area (Å²) in [6.45, 7) is 2.25. The molecule has 0 aromatic heterocycles. The summed E-state index contributed by atoms with van der Waals surface area (Å²) in [5, 5.41) is 12.7. The van der Waals surface area contributed by atoms with Crippen LogP contribution < -0.4 is 0 Å². The zero-order chi connectivity index (χ0) is 10.8. The summed E-state index contributed by atoms with van der Waals surface area (Å²) in [7, 11) is 0. The fraction of sp³-hybridized carbons (Fsp3) is 0.818. The SMILES string of the molecule is C[C@@H]1CCC[C@H](C2=NO[C@H](C(=O)O)C2)C1. The van der Waals surface area contributed by atoms with Gasteiger partial charge in [0.25, 0.3) is 0 Å². The zero-order valence-corrected chi connectivity index (χ0v) is 8.98. The molecule has 84 valence electrons. The molecule has 4 nitrogen and oxygen atoms in total. The van der Waals surface area contributed by atoms with Crippen molar-refractivity contribution in [3.8, 4) is 0 Å². The molecule has 4 heteroatoms. The summed E-state index contributed by atoms with van der Waals surface area (Å²) in [6, 6.07) is 0. The van der Waals surface area contributed by atoms with Crippen LogP contribution in [0.4, 0.5) is 0 Å². The maximum absolute atomic E-state index is 10.7. The van der Waals surface area contributed by atoms with E-state index in [2.05, 4.69) is 12.1 Å². The predicted molar refractivity (Wildman–Crippen MR) is 55.7 cm³/mol. The Morgan fingerprint density at radius 3 is 2.93 bits per heavy atom. The quantitative estimate of drug-likeness (QED) is 0.760. The van der Waals surface area contributed by atoms with Crippen LogP contribution in [-0.2, 0) is 9.63 Å². The molecular formula is C11H17NO3. The van der Waals surface area contributed by atoms with Crippen molar-refractivity contribution in [3.63, 3.8) is 0 Å². The third kappa shape index (κ3) is 2.30.